The Bertz CT molecular complexity index is 1140. The van der Waals surface area contributed by atoms with Crippen LogP contribution in [0.4, 0.5) is 13.2 Å². The summed E-state index contributed by atoms with van der Waals surface area (Å²) in [4.78, 5) is 30.9. The lowest BCUT2D eigenvalue weighted by Gasteiger charge is -2.30. The zero-order valence-corrected chi connectivity index (χ0v) is 21.6. The Kier molecular flexibility index (Phi) is 7.60. The molecule has 0 aromatic heterocycles. The average Bonchev–Trinajstić information content (AvgIpc) is 3.51. The summed E-state index contributed by atoms with van der Waals surface area (Å²) in [5.74, 6) is -0.601. The molecule has 194 valence electrons. The Hall–Kier alpha value is -2.29. The number of hydrogen-bond acceptors (Lipinski definition) is 3. The first-order chi connectivity index (χ1) is 16.9. The number of alkyl halides is 3. The maximum atomic E-state index is 13.6. The molecule has 2 fully saturated rings. The van der Waals surface area contributed by atoms with E-state index in [1.165, 1.54) is 12.1 Å². The second-order valence-electron chi connectivity index (χ2n) is 9.79. The molecule has 1 heterocycles. The summed E-state index contributed by atoms with van der Waals surface area (Å²) in [6.07, 6.45) is -2.42. The van der Waals surface area contributed by atoms with Gasteiger partial charge < -0.3 is 15.1 Å². The molecule has 2 aromatic rings. The minimum Gasteiger partial charge on any atom is -0.343 e. The number of likely N-dealkylation sites (tertiary alicyclic amines) is 1. The Labute approximate surface area is 218 Å². The first-order valence-corrected chi connectivity index (χ1v) is 12.5. The number of amides is 2. The van der Waals surface area contributed by atoms with Crippen LogP contribution in [0.3, 0.4) is 0 Å². The van der Waals surface area contributed by atoms with Gasteiger partial charge in [-0.25, -0.2) is 0 Å². The van der Waals surface area contributed by atoms with Crippen molar-refractivity contribution in [2.75, 3.05) is 27.2 Å². The van der Waals surface area contributed by atoms with Gasteiger partial charge >= 0.3 is 6.18 Å². The van der Waals surface area contributed by atoms with Crippen molar-refractivity contribution >= 4 is 35.0 Å². The number of carbonyl (C=O) groups is 2. The van der Waals surface area contributed by atoms with Crippen molar-refractivity contribution in [2.24, 2.45) is 0 Å². The van der Waals surface area contributed by atoms with Crippen molar-refractivity contribution in [3.05, 3.63) is 69.2 Å². The Balaban J connectivity index is 1.57. The van der Waals surface area contributed by atoms with Crippen LogP contribution in [0.5, 0.6) is 0 Å². The van der Waals surface area contributed by atoms with Crippen LogP contribution in [0.15, 0.2) is 42.5 Å². The van der Waals surface area contributed by atoms with Crippen LogP contribution in [0.1, 0.15) is 36.0 Å². The standard InChI is InChI=1S/C26H28Cl2F3N3O2/c1-33-12-9-19(15-33)34(2)23(35)22(13-16-3-5-17(6-4-16)26(29,30)31)32-24(36)25(10-11-25)20-8-7-18(27)14-21(20)28/h3-8,14,19,22H,9-13,15H2,1-2H3,(H,32,36). The fourth-order valence-electron chi connectivity index (χ4n) is 4.84. The summed E-state index contributed by atoms with van der Waals surface area (Å²) in [7, 11) is 3.69. The van der Waals surface area contributed by atoms with Gasteiger partial charge in [-0.05, 0) is 68.2 Å². The largest absolute Gasteiger partial charge is 0.416 e. The average molecular weight is 542 g/mol. The van der Waals surface area contributed by atoms with Crippen molar-refractivity contribution in [1.29, 1.82) is 0 Å². The van der Waals surface area contributed by atoms with Gasteiger partial charge in [0.25, 0.3) is 0 Å². The van der Waals surface area contributed by atoms with E-state index in [9.17, 15) is 22.8 Å². The highest BCUT2D eigenvalue weighted by molar-refractivity contribution is 6.35. The third kappa shape index (κ3) is 5.66. The molecule has 1 saturated heterocycles. The van der Waals surface area contributed by atoms with E-state index < -0.39 is 23.2 Å². The summed E-state index contributed by atoms with van der Waals surface area (Å²) in [5.41, 5.74) is -0.448. The van der Waals surface area contributed by atoms with E-state index in [2.05, 4.69) is 10.2 Å². The van der Waals surface area contributed by atoms with E-state index >= 15 is 0 Å². The van der Waals surface area contributed by atoms with E-state index in [0.29, 0.717) is 40.6 Å². The van der Waals surface area contributed by atoms with Crippen LogP contribution in [-0.2, 0) is 27.6 Å². The molecule has 0 radical (unpaired) electrons. The molecule has 1 saturated carbocycles. The predicted molar refractivity (Wildman–Crippen MR) is 133 cm³/mol. The van der Waals surface area contributed by atoms with Crippen LogP contribution in [0.25, 0.3) is 0 Å². The monoisotopic (exact) mass is 541 g/mol. The van der Waals surface area contributed by atoms with Crippen LogP contribution in [0, 0.1) is 0 Å². The lowest BCUT2D eigenvalue weighted by Crippen LogP contribution is -2.53. The molecule has 1 N–H and O–H groups in total. The molecule has 0 spiro atoms. The molecule has 5 nitrogen and oxygen atoms in total. The van der Waals surface area contributed by atoms with Crippen LogP contribution in [0.2, 0.25) is 10.0 Å². The first kappa shape index (κ1) is 26.8. The van der Waals surface area contributed by atoms with Gasteiger partial charge in [0.05, 0.1) is 11.0 Å². The molecule has 2 unspecified atom stereocenters. The lowest BCUT2D eigenvalue weighted by atomic mass is 9.93. The molecule has 0 bridgehead atoms. The number of carbonyl (C=O) groups excluding carboxylic acids is 2. The Morgan fingerprint density at radius 1 is 1.17 bits per heavy atom. The summed E-state index contributed by atoms with van der Waals surface area (Å²) >= 11 is 12.4. The van der Waals surface area contributed by atoms with Crippen molar-refractivity contribution in [3.8, 4) is 0 Å². The van der Waals surface area contributed by atoms with Gasteiger partial charge in [0, 0.05) is 36.1 Å². The van der Waals surface area contributed by atoms with Gasteiger partial charge in [-0.2, -0.15) is 13.2 Å². The molecular weight excluding hydrogens is 514 g/mol. The summed E-state index contributed by atoms with van der Waals surface area (Å²) in [5, 5.41) is 3.75. The molecular formula is C26H28Cl2F3N3O2. The molecule has 2 amide bonds. The van der Waals surface area contributed by atoms with Gasteiger partial charge in [0.1, 0.15) is 6.04 Å². The third-order valence-corrected chi connectivity index (χ3v) is 7.77. The zero-order valence-electron chi connectivity index (χ0n) is 20.0. The number of rotatable bonds is 7. The molecule has 10 heteroatoms. The quantitative estimate of drug-likeness (QED) is 0.540. The molecule has 2 aliphatic rings. The normalized spacial score (nSPS) is 20.1. The van der Waals surface area contributed by atoms with Gasteiger partial charge in [-0.1, -0.05) is 41.4 Å². The van der Waals surface area contributed by atoms with Crippen LogP contribution < -0.4 is 5.32 Å². The van der Waals surface area contributed by atoms with Gasteiger partial charge in [-0.15, -0.1) is 0 Å². The van der Waals surface area contributed by atoms with Crippen molar-refractivity contribution in [2.45, 2.75) is 49.4 Å². The van der Waals surface area contributed by atoms with Crippen LogP contribution >= 0.6 is 23.2 Å². The SMILES string of the molecule is CN1CCC(N(C)C(=O)C(Cc2ccc(C(F)(F)F)cc2)NC(=O)C2(c3ccc(Cl)cc3Cl)CC2)C1. The fraction of sp³-hybridized carbons (Fsp3) is 0.462. The first-order valence-electron chi connectivity index (χ1n) is 11.8. The Morgan fingerprint density at radius 3 is 2.36 bits per heavy atom. The lowest BCUT2D eigenvalue weighted by molar-refractivity contribution is -0.138. The number of nitrogens with one attached hydrogen (secondary N) is 1. The van der Waals surface area contributed by atoms with E-state index in [-0.39, 0.29) is 24.3 Å². The number of benzene rings is 2. The highest BCUT2D eigenvalue weighted by atomic mass is 35.5. The van der Waals surface area contributed by atoms with Crippen molar-refractivity contribution in [1.82, 2.24) is 15.1 Å². The van der Waals surface area contributed by atoms with E-state index in [0.717, 1.165) is 25.1 Å². The second-order valence-corrected chi connectivity index (χ2v) is 10.6. The highest BCUT2D eigenvalue weighted by Gasteiger charge is 2.53. The number of hydrogen-bond donors (Lipinski definition) is 1. The predicted octanol–water partition coefficient (Wildman–Crippen LogP) is 4.93. The smallest absolute Gasteiger partial charge is 0.343 e. The van der Waals surface area contributed by atoms with Crippen molar-refractivity contribution < 1.29 is 22.8 Å². The molecule has 4 rings (SSSR count). The minimum atomic E-state index is -4.45. The fourth-order valence-corrected chi connectivity index (χ4v) is 5.43. The number of likely N-dealkylation sites (N-methyl/N-ethyl adjacent to an activating group) is 2. The van der Waals surface area contributed by atoms with E-state index in [1.54, 1.807) is 30.1 Å². The zero-order chi connectivity index (χ0) is 26.3. The highest BCUT2D eigenvalue weighted by Crippen LogP contribution is 2.51. The summed E-state index contributed by atoms with van der Waals surface area (Å²) in [6, 6.07) is 8.72. The molecule has 1 aliphatic carbocycles. The second kappa shape index (κ2) is 10.2. The van der Waals surface area contributed by atoms with Gasteiger partial charge in [-0.3, -0.25) is 9.59 Å². The molecule has 36 heavy (non-hydrogen) atoms. The van der Waals surface area contributed by atoms with E-state index in [4.69, 9.17) is 23.2 Å². The van der Waals surface area contributed by atoms with Crippen LogP contribution in [-0.4, -0.2) is 60.9 Å². The van der Waals surface area contributed by atoms with Gasteiger partial charge in [0.2, 0.25) is 11.8 Å². The maximum Gasteiger partial charge on any atom is 0.416 e. The molecule has 2 aromatic carbocycles. The molecule has 1 aliphatic heterocycles. The summed E-state index contributed by atoms with van der Waals surface area (Å²) in [6.45, 7) is 1.57. The maximum absolute atomic E-state index is 13.6. The number of nitrogens with zero attached hydrogens (tertiary/aromatic N) is 2. The summed E-state index contributed by atoms with van der Waals surface area (Å²) < 4.78 is 39.0. The third-order valence-electron chi connectivity index (χ3n) is 7.22. The minimum absolute atomic E-state index is 0.00453. The van der Waals surface area contributed by atoms with Gasteiger partial charge in [0.15, 0.2) is 0 Å². The molecule has 2 atom stereocenters. The topological polar surface area (TPSA) is 52.6 Å². The Morgan fingerprint density at radius 2 is 1.83 bits per heavy atom. The van der Waals surface area contributed by atoms with Crippen molar-refractivity contribution in [3.63, 3.8) is 0 Å². The van der Waals surface area contributed by atoms with E-state index in [1.807, 2.05) is 7.05 Å². The number of halogens is 5.